The zero-order valence-electron chi connectivity index (χ0n) is 14.6. The lowest BCUT2D eigenvalue weighted by Crippen LogP contribution is -2.43. The number of carbonyl (C=O) groups is 1. The van der Waals surface area contributed by atoms with Crippen molar-refractivity contribution in [3.05, 3.63) is 58.9 Å². The number of carbonyl (C=O) groups excluding carboxylic acids is 1. The Morgan fingerprint density at radius 1 is 1.25 bits per heavy atom. The maximum atomic E-state index is 13.0. The summed E-state index contributed by atoms with van der Waals surface area (Å²) in [5.41, 5.74) is -0.804. The second kappa shape index (κ2) is 8.28. The Morgan fingerprint density at radius 2 is 1.96 bits per heavy atom. The van der Waals surface area contributed by atoms with Crippen molar-refractivity contribution in [2.24, 2.45) is 0 Å². The lowest BCUT2D eigenvalue weighted by Gasteiger charge is -2.21. The molecule has 2 aromatic carbocycles. The molecule has 6 nitrogen and oxygen atoms in total. The molecule has 0 unspecified atom stereocenters. The second-order valence-electron chi connectivity index (χ2n) is 6.46. The van der Waals surface area contributed by atoms with E-state index in [1.165, 1.54) is 24.3 Å². The van der Waals surface area contributed by atoms with Crippen LogP contribution in [0.5, 0.6) is 0 Å². The summed E-state index contributed by atoms with van der Waals surface area (Å²) in [5, 5.41) is 13.0. The molecule has 2 aromatic rings. The lowest BCUT2D eigenvalue weighted by atomic mass is 10.0. The molecule has 1 saturated heterocycles. The molecular formula is C18H18ClFN2O4S2. The van der Waals surface area contributed by atoms with Crippen LogP contribution in [0, 0.1) is 5.82 Å². The molecule has 0 aromatic heterocycles. The smallest absolute Gasteiger partial charge is 0.261 e. The van der Waals surface area contributed by atoms with Crippen molar-refractivity contribution in [2.75, 3.05) is 22.8 Å². The summed E-state index contributed by atoms with van der Waals surface area (Å²) in [6.45, 7) is 0.0555. The number of benzene rings is 2. The fourth-order valence-corrected chi connectivity index (χ4v) is 5.24. The van der Waals surface area contributed by atoms with E-state index >= 15 is 0 Å². The number of aliphatic hydroxyl groups is 1. The molecule has 1 fully saturated rings. The van der Waals surface area contributed by atoms with Gasteiger partial charge in [-0.25, -0.2) is 12.8 Å². The van der Waals surface area contributed by atoms with Crippen molar-refractivity contribution in [1.82, 2.24) is 5.32 Å². The first kappa shape index (κ1) is 20.9. The van der Waals surface area contributed by atoms with Crippen molar-refractivity contribution in [3.8, 4) is 0 Å². The Bertz CT molecular complexity index is 978. The van der Waals surface area contributed by atoms with Gasteiger partial charge in [-0.1, -0.05) is 11.6 Å². The number of sulfonamides is 1. The molecule has 0 aliphatic carbocycles. The van der Waals surface area contributed by atoms with Gasteiger partial charge in [0, 0.05) is 18.0 Å². The van der Waals surface area contributed by atoms with Crippen LogP contribution in [-0.2, 0) is 10.0 Å². The predicted octanol–water partition coefficient (Wildman–Crippen LogP) is 2.88. The van der Waals surface area contributed by atoms with Crippen molar-refractivity contribution >= 4 is 45.0 Å². The lowest BCUT2D eigenvalue weighted by molar-refractivity contribution is 0.0612. The van der Waals surface area contributed by atoms with E-state index in [-0.39, 0.29) is 27.7 Å². The average Bonchev–Trinajstić information content (AvgIpc) is 3.09. The Labute approximate surface area is 171 Å². The van der Waals surface area contributed by atoms with Crippen molar-refractivity contribution in [2.45, 2.75) is 16.9 Å². The zero-order valence-corrected chi connectivity index (χ0v) is 17.0. The number of nitrogens with one attached hydrogen (secondary N) is 2. The first-order valence-corrected chi connectivity index (χ1v) is 11.4. The second-order valence-corrected chi connectivity index (χ2v) is 9.66. The van der Waals surface area contributed by atoms with E-state index in [9.17, 15) is 22.7 Å². The zero-order chi connectivity index (χ0) is 20.4. The van der Waals surface area contributed by atoms with Crippen LogP contribution in [0.1, 0.15) is 16.8 Å². The molecule has 1 heterocycles. The highest BCUT2D eigenvalue weighted by atomic mass is 35.5. The normalized spacial score (nSPS) is 19.4. The van der Waals surface area contributed by atoms with Gasteiger partial charge in [0.05, 0.1) is 21.1 Å². The fraction of sp³-hybridized carbons (Fsp3) is 0.278. The molecule has 3 N–H and O–H groups in total. The summed E-state index contributed by atoms with van der Waals surface area (Å²) in [7, 11) is -4.01. The molecule has 0 spiro atoms. The van der Waals surface area contributed by atoms with Gasteiger partial charge in [0.15, 0.2) is 0 Å². The Balaban J connectivity index is 1.77. The Morgan fingerprint density at radius 3 is 2.61 bits per heavy atom. The van der Waals surface area contributed by atoms with Crippen molar-refractivity contribution in [1.29, 1.82) is 0 Å². The molecule has 0 bridgehead atoms. The quantitative estimate of drug-likeness (QED) is 0.636. The summed E-state index contributed by atoms with van der Waals surface area (Å²) in [6.07, 6.45) is 0.571. The van der Waals surface area contributed by atoms with Gasteiger partial charge >= 0.3 is 0 Å². The SMILES string of the molecule is O=C(NC[C@@]1(O)CCSC1)c1cc(S(=O)(=O)Nc2ccc(F)cc2)ccc1Cl. The number of anilines is 1. The van der Waals surface area contributed by atoms with Gasteiger partial charge < -0.3 is 10.4 Å². The number of halogens is 2. The first-order valence-electron chi connectivity index (χ1n) is 8.35. The molecule has 0 saturated carbocycles. The van der Waals surface area contributed by atoms with Gasteiger partial charge in [0.2, 0.25) is 0 Å². The minimum absolute atomic E-state index is 0.0158. The number of rotatable bonds is 6. The molecule has 150 valence electrons. The summed E-state index contributed by atoms with van der Waals surface area (Å²) in [4.78, 5) is 12.3. The molecule has 1 aliphatic heterocycles. The topological polar surface area (TPSA) is 95.5 Å². The van der Waals surface area contributed by atoms with Crippen LogP contribution < -0.4 is 10.0 Å². The largest absolute Gasteiger partial charge is 0.387 e. The number of thioether (sulfide) groups is 1. The van der Waals surface area contributed by atoms with E-state index in [2.05, 4.69) is 10.0 Å². The van der Waals surface area contributed by atoms with Crippen molar-refractivity contribution in [3.63, 3.8) is 0 Å². The Hall–Kier alpha value is -1.81. The van der Waals surface area contributed by atoms with Crippen LogP contribution in [0.3, 0.4) is 0 Å². The first-order chi connectivity index (χ1) is 13.2. The maximum absolute atomic E-state index is 13.0. The van der Waals surface area contributed by atoms with Gasteiger partial charge in [0.25, 0.3) is 15.9 Å². The molecule has 10 heteroatoms. The van der Waals surface area contributed by atoms with Crippen LogP contribution in [0.4, 0.5) is 10.1 Å². The third-order valence-electron chi connectivity index (χ3n) is 4.25. The van der Waals surface area contributed by atoms with Crippen LogP contribution in [0.15, 0.2) is 47.4 Å². The predicted molar refractivity (Wildman–Crippen MR) is 108 cm³/mol. The number of hydrogen-bond acceptors (Lipinski definition) is 5. The van der Waals surface area contributed by atoms with E-state index in [0.717, 1.165) is 24.0 Å². The molecular weight excluding hydrogens is 427 g/mol. The number of hydrogen-bond donors (Lipinski definition) is 3. The van der Waals surface area contributed by atoms with Crippen molar-refractivity contribution < 1.29 is 22.7 Å². The standard InChI is InChI=1S/C18H18ClFN2O4S2/c19-16-6-5-14(28(25,26)22-13-3-1-12(20)2-4-13)9-15(16)17(23)21-10-18(24)7-8-27-11-18/h1-6,9,22,24H,7-8,10-11H2,(H,21,23)/t18-/m0/s1. The summed E-state index contributed by atoms with van der Waals surface area (Å²) < 4.78 is 40.4. The molecule has 1 amide bonds. The minimum Gasteiger partial charge on any atom is -0.387 e. The highest BCUT2D eigenvalue weighted by Gasteiger charge is 2.32. The molecule has 0 radical (unpaired) electrons. The average molecular weight is 445 g/mol. The van der Waals surface area contributed by atoms with E-state index in [1.54, 1.807) is 11.8 Å². The van der Waals surface area contributed by atoms with Gasteiger partial charge in [-0.15, -0.1) is 0 Å². The van der Waals surface area contributed by atoms with E-state index < -0.39 is 27.3 Å². The maximum Gasteiger partial charge on any atom is 0.261 e. The Kier molecular flexibility index (Phi) is 6.18. The summed E-state index contributed by atoms with van der Waals surface area (Å²) in [6, 6.07) is 8.58. The van der Waals surface area contributed by atoms with Crippen LogP contribution >= 0.6 is 23.4 Å². The van der Waals surface area contributed by atoms with Gasteiger partial charge in [-0.05, 0) is 54.6 Å². The number of amides is 1. The highest BCUT2D eigenvalue weighted by molar-refractivity contribution is 7.99. The van der Waals surface area contributed by atoms with E-state index in [4.69, 9.17) is 11.6 Å². The molecule has 1 aliphatic rings. The van der Waals surface area contributed by atoms with E-state index in [0.29, 0.717) is 12.2 Å². The van der Waals surface area contributed by atoms with Crippen LogP contribution in [0.25, 0.3) is 0 Å². The monoisotopic (exact) mass is 444 g/mol. The highest BCUT2D eigenvalue weighted by Crippen LogP contribution is 2.27. The summed E-state index contributed by atoms with van der Waals surface area (Å²) >= 11 is 7.67. The van der Waals surface area contributed by atoms with Gasteiger partial charge in [0.1, 0.15) is 5.82 Å². The third-order valence-corrected chi connectivity index (χ3v) is 7.19. The van der Waals surface area contributed by atoms with Crippen LogP contribution in [0.2, 0.25) is 5.02 Å². The van der Waals surface area contributed by atoms with Crippen LogP contribution in [-0.4, -0.2) is 43.1 Å². The van der Waals surface area contributed by atoms with E-state index in [1.807, 2.05) is 0 Å². The third kappa shape index (κ3) is 4.96. The molecule has 1 atom stereocenters. The van der Waals surface area contributed by atoms with Gasteiger partial charge in [-0.2, -0.15) is 11.8 Å². The molecule has 3 rings (SSSR count). The fourth-order valence-electron chi connectivity index (χ4n) is 2.65. The minimum atomic E-state index is -4.01. The van der Waals surface area contributed by atoms with Gasteiger partial charge in [-0.3, -0.25) is 9.52 Å². The summed E-state index contributed by atoms with van der Waals surface area (Å²) in [5.74, 6) is 0.275. The molecule has 28 heavy (non-hydrogen) atoms.